The Bertz CT molecular complexity index is 412. The number of carbonyl (C=O) groups excluding carboxylic acids is 3. The predicted octanol–water partition coefficient (Wildman–Crippen LogP) is -0.188. The molecule has 1 N–H and O–H groups in total. The van der Waals surface area contributed by atoms with Crippen LogP contribution in [0, 0.1) is 5.92 Å². The topological polar surface area (TPSA) is 79.0 Å². The molecule has 2 aliphatic heterocycles. The first kappa shape index (κ1) is 14.9. The second-order valence-corrected chi connectivity index (χ2v) is 5.34. The number of nitrogens with one attached hydrogen (secondary N) is 1. The number of rotatable bonds is 4. The summed E-state index contributed by atoms with van der Waals surface area (Å²) < 4.78 is 5.57. The number of imide groups is 2. The molecule has 112 valence electrons. The molecule has 2 rings (SSSR count). The summed E-state index contributed by atoms with van der Waals surface area (Å²) in [5, 5.41) is 2.25. The van der Waals surface area contributed by atoms with E-state index in [-0.39, 0.29) is 12.6 Å². The zero-order valence-electron chi connectivity index (χ0n) is 11.9. The Morgan fingerprint density at radius 2 is 2.10 bits per heavy atom. The molecule has 2 atom stereocenters. The van der Waals surface area contributed by atoms with Crippen LogP contribution in [0.2, 0.25) is 0 Å². The van der Waals surface area contributed by atoms with Gasteiger partial charge in [0.1, 0.15) is 5.92 Å². The third kappa shape index (κ3) is 3.16. The van der Waals surface area contributed by atoms with Crippen molar-refractivity contribution >= 4 is 17.8 Å². The Hall–Kier alpha value is -1.47. The van der Waals surface area contributed by atoms with E-state index in [9.17, 15) is 14.4 Å². The Morgan fingerprint density at radius 3 is 2.75 bits per heavy atom. The maximum Gasteiger partial charge on any atom is 0.330 e. The number of likely N-dealkylation sites (N-methyl/N-ethyl adjacent to an activating group) is 1. The maximum absolute atomic E-state index is 12.3. The van der Waals surface area contributed by atoms with Crippen molar-refractivity contribution < 1.29 is 19.1 Å². The first-order valence-electron chi connectivity index (χ1n) is 6.99. The lowest BCUT2D eigenvalue weighted by molar-refractivity contribution is -0.144. The normalized spacial score (nSPS) is 28.7. The maximum atomic E-state index is 12.3. The quantitative estimate of drug-likeness (QED) is 0.724. The van der Waals surface area contributed by atoms with Gasteiger partial charge in [-0.3, -0.25) is 19.8 Å². The number of hydrogen-bond acceptors (Lipinski definition) is 5. The fraction of sp³-hybridized carbons (Fsp3) is 0.769. The van der Waals surface area contributed by atoms with Crippen LogP contribution in [0.15, 0.2) is 0 Å². The van der Waals surface area contributed by atoms with Gasteiger partial charge in [-0.25, -0.2) is 4.79 Å². The summed E-state index contributed by atoms with van der Waals surface area (Å²) in [5.74, 6) is -1.64. The van der Waals surface area contributed by atoms with E-state index >= 15 is 0 Å². The summed E-state index contributed by atoms with van der Waals surface area (Å²) in [4.78, 5) is 39.0. The van der Waals surface area contributed by atoms with Gasteiger partial charge in [0.2, 0.25) is 11.8 Å². The molecule has 0 bridgehead atoms. The monoisotopic (exact) mass is 283 g/mol. The molecule has 0 saturated carbocycles. The first-order valence-corrected chi connectivity index (χ1v) is 6.99. The molecule has 0 aromatic heterocycles. The predicted molar refractivity (Wildman–Crippen MR) is 70.9 cm³/mol. The fourth-order valence-electron chi connectivity index (χ4n) is 2.56. The van der Waals surface area contributed by atoms with Crippen molar-refractivity contribution in [2.24, 2.45) is 5.92 Å². The number of ether oxygens (including phenoxy) is 1. The van der Waals surface area contributed by atoms with Crippen molar-refractivity contribution in [3.05, 3.63) is 0 Å². The molecular weight excluding hydrogens is 262 g/mol. The van der Waals surface area contributed by atoms with Gasteiger partial charge in [-0.15, -0.1) is 0 Å². The highest BCUT2D eigenvalue weighted by Crippen LogP contribution is 2.17. The Kier molecular flexibility index (Phi) is 4.72. The average molecular weight is 283 g/mol. The Balaban J connectivity index is 2.03. The van der Waals surface area contributed by atoms with Crippen molar-refractivity contribution in [2.45, 2.75) is 25.9 Å². The first-order chi connectivity index (χ1) is 9.52. The smallest absolute Gasteiger partial charge is 0.330 e. The van der Waals surface area contributed by atoms with Gasteiger partial charge < -0.3 is 9.64 Å². The lowest BCUT2D eigenvalue weighted by Gasteiger charge is -2.35. The minimum Gasteiger partial charge on any atom is -0.374 e. The number of nitrogens with zero attached hydrogens (tertiary/aromatic N) is 2. The molecule has 7 heteroatoms. The SMILES string of the molecule is CCCC1C(=O)NC(=O)N(CC2CN(C)CCO2)C1=O. The minimum atomic E-state index is -0.751. The molecule has 20 heavy (non-hydrogen) atoms. The highest BCUT2D eigenvalue weighted by atomic mass is 16.5. The standard InChI is InChI=1S/C13H21N3O4/c1-3-4-10-11(17)14-13(19)16(12(10)18)8-9-7-15(2)5-6-20-9/h9-10H,3-8H2,1-2H3,(H,14,17,19). The van der Waals surface area contributed by atoms with Crippen molar-refractivity contribution in [2.75, 3.05) is 33.3 Å². The van der Waals surface area contributed by atoms with Crippen LogP contribution in [0.4, 0.5) is 4.79 Å². The summed E-state index contributed by atoms with van der Waals surface area (Å²) in [6.45, 7) is 4.20. The van der Waals surface area contributed by atoms with Crippen LogP contribution >= 0.6 is 0 Å². The van der Waals surface area contributed by atoms with E-state index in [4.69, 9.17) is 4.74 Å². The number of carbonyl (C=O) groups is 3. The second kappa shape index (κ2) is 6.32. The van der Waals surface area contributed by atoms with Crippen LogP contribution in [0.5, 0.6) is 0 Å². The third-order valence-electron chi connectivity index (χ3n) is 3.66. The van der Waals surface area contributed by atoms with Gasteiger partial charge in [0, 0.05) is 13.1 Å². The summed E-state index contributed by atoms with van der Waals surface area (Å²) in [7, 11) is 1.97. The van der Waals surface area contributed by atoms with Gasteiger partial charge >= 0.3 is 6.03 Å². The van der Waals surface area contributed by atoms with Crippen molar-refractivity contribution in [1.29, 1.82) is 0 Å². The average Bonchev–Trinajstić information content (AvgIpc) is 2.39. The molecule has 2 saturated heterocycles. The summed E-state index contributed by atoms with van der Waals surface area (Å²) in [6, 6.07) is -0.635. The molecule has 2 heterocycles. The second-order valence-electron chi connectivity index (χ2n) is 5.34. The van der Waals surface area contributed by atoms with E-state index in [0.717, 1.165) is 11.4 Å². The molecule has 0 aromatic carbocycles. The lowest BCUT2D eigenvalue weighted by atomic mass is 9.99. The van der Waals surface area contributed by atoms with Crippen LogP contribution in [-0.4, -0.2) is 67.0 Å². The molecular formula is C13H21N3O4. The van der Waals surface area contributed by atoms with E-state index < -0.39 is 23.8 Å². The van der Waals surface area contributed by atoms with Crippen LogP contribution in [0.25, 0.3) is 0 Å². The number of barbiturate groups is 1. The van der Waals surface area contributed by atoms with Gasteiger partial charge in [-0.05, 0) is 13.5 Å². The van der Waals surface area contributed by atoms with Crippen molar-refractivity contribution in [3.63, 3.8) is 0 Å². The number of amides is 4. The summed E-state index contributed by atoms with van der Waals surface area (Å²) >= 11 is 0. The molecule has 2 aliphatic rings. The van der Waals surface area contributed by atoms with Crippen LogP contribution in [0.3, 0.4) is 0 Å². The summed E-state index contributed by atoms with van der Waals surface area (Å²) in [5.41, 5.74) is 0. The molecule has 0 radical (unpaired) electrons. The molecule has 0 aromatic rings. The number of hydrogen-bond donors (Lipinski definition) is 1. The highest BCUT2D eigenvalue weighted by molar-refractivity contribution is 6.16. The van der Waals surface area contributed by atoms with Gasteiger partial charge in [0.25, 0.3) is 0 Å². The molecule has 0 spiro atoms. The molecule has 4 amide bonds. The van der Waals surface area contributed by atoms with Gasteiger partial charge in [-0.2, -0.15) is 0 Å². The molecule has 2 fully saturated rings. The summed E-state index contributed by atoms with van der Waals surface area (Å²) in [6.07, 6.45) is 0.980. The van der Waals surface area contributed by atoms with E-state index in [1.807, 2.05) is 14.0 Å². The zero-order chi connectivity index (χ0) is 14.7. The van der Waals surface area contributed by atoms with Gasteiger partial charge in [-0.1, -0.05) is 13.3 Å². The lowest BCUT2D eigenvalue weighted by Crippen LogP contribution is -2.60. The van der Waals surface area contributed by atoms with E-state index in [0.29, 0.717) is 26.0 Å². The van der Waals surface area contributed by atoms with Crippen LogP contribution < -0.4 is 5.32 Å². The van der Waals surface area contributed by atoms with E-state index in [1.54, 1.807) is 0 Å². The fourth-order valence-corrected chi connectivity index (χ4v) is 2.56. The van der Waals surface area contributed by atoms with Crippen LogP contribution in [0.1, 0.15) is 19.8 Å². The van der Waals surface area contributed by atoms with E-state index in [2.05, 4.69) is 10.2 Å². The zero-order valence-corrected chi connectivity index (χ0v) is 11.9. The van der Waals surface area contributed by atoms with E-state index in [1.165, 1.54) is 0 Å². The van der Waals surface area contributed by atoms with Crippen molar-refractivity contribution in [1.82, 2.24) is 15.1 Å². The van der Waals surface area contributed by atoms with Crippen LogP contribution in [-0.2, 0) is 14.3 Å². The molecule has 0 aliphatic carbocycles. The van der Waals surface area contributed by atoms with Gasteiger partial charge in [0.15, 0.2) is 0 Å². The van der Waals surface area contributed by atoms with Crippen molar-refractivity contribution in [3.8, 4) is 0 Å². The Morgan fingerprint density at radius 1 is 1.35 bits per heavy atom. The largest absolute Gasteiger partial charge is 0.374 e. The number of urea groups is 1. The Labute approximate surface area is 118 Å². The molecule has 7 nitrogen and oxygen atoms in total. The van der Waals surface area contributed by atoms with Gasteiger partial charge in [0.05, 0.1) is 19.3 Å². The highest BCUT2D eigenvalue weighted by Gasteiger charge is 2.40. The minimum absolute atomic E-state index is 0.195. The molecule has 2 unspecified atom stereocenters. The number of morpholine rings is 1. The third-order valence-corrected chi connectivity index (χ3v) is 3.66.